The van der Waals surface area contributed by atoms with Crippen molar-refractivity contribution < 1.29 is 9.13 Å². The van der Waals surface area contributed by atoms with Gasteiger partial charge < -0.3 is 4.74 Å². The van der Waals surface area contributed by atoms with E-state index in [1.54, 1.807) is 6.07 Å². The van der Waals surface area contributed by atoms with Gasteiger partial charge in [-0.25, -0.2) is 4.39 Å². The summed E-state index contributed by atoms with van der Waals surface area (Å²) in [5.74, 6) is 5.87. The minimum Gasteiger partial charge on any atom is -0.375 e. The molecule has 2 aliphatic rings. The van der Waals surface area contributed by atoms with Gasteiger partial charge in [-0.2, -0.15) is 0 Å². The lowest BCUT2D eigenvalue weighted by Crippen LogP contribution is -2.43. The summed E-state index contributed by atoms with van der Waals surface area (Å²) in [5.41, 5.74) is 3.50. The van der Waals surface area contributed by atoms with Crippen LogP contribution in [0, 0.1) is 11.7 Å². The standard InChI is InChI=1S/C16H22BrFN2O/c17-12-4-3-5-13(18)14(12)15(20-19)11-6-9-21-16(10-11)7-1-2-8-16/h3-5,11,15,20H,1-2,6-10,19H2. The van der Waals surface area contributed by atoms with Gasteiger partial charge in [0, 0.05) is 16.6 Å². The van der Waals surface area contributed by atoms with E-state index in [0.29, 0.717) is 11.5 Å². The van der Waals surface area contributed by atoms with Crippen molar-refractivity contribution in [2.24, 2.45) is 11.8 Å². The minimum atomic E-state index is -0.209. The fourth-order valence-corrected chi connectivity index (χ4v) is 4.57. The number of nitrogens with two attached hydrogens (primary N) is 1. The van der Waals surface area contributed by atoms with Crippen molar-refractivity contribution in [2.75, 3.05) is 6.61 Å². The topological polar surface area (TPSA) is 47.3 Å². The van der Waals surface area contributed by atoms with Crippen molar-refractivity contribution in [2.45, 2.75) is 50.2 Å². The Morgan fingerprint density at radius 3 is 2.81 bits per heavy atom. The predicted molar refractivity (Wildman–Crippen MR) is 84.0 cm³/mol. The van der Waals surface area contributed by atoms with Gasteiger partial charge in [-0.3, -0.25) is 11.3 Å². The van der Waals surface area contributed by atoms with Crippen LogP contribution in [-0.4, -0.2) is 12.2 Å². The first-order valence-electron chi connectivity index (χ1n) is 7.69. The first-order valence-corrected chi connectivity index (χ1v) is 8.48. The Morgan fingerprint density at radius 2 is 2.14 bits per heavy atom. The number of halogens is 2. The number of hydrazine groups is 1. The van der Waals surface area contributed by atoms with Crippen LogP contribution in [0.2, 0.25) is 0 Å². The molecule has 1 aromatic rings. The average Bonchev–Trinajstić information content (AvgIpc) is 2.91. The van der Waals surface area contributed by atoms with Crippen LogP contribution in [-0.2, 0) is 4.74 Å². The minimum absolute atomic E-state index is 0.00967. The third-order valence-corrected chi connectivity index (χ3v) is 5.70. The van der Waals surface area contributed by atoms with Gasteiger partial charge in [0.2, 0.25) is 0 Å². The second kappa shape index (κ2) is 6.32. The van der Waals surface area contributed by atoms with Crippen molar-refractivity contribution in [1.82, 2.24) is 5.43 Å². The van der Waals surface area contributed by atoms with Gasteiger partial charge in [-0.05, 0) is 43.7 Å². The summed E-state index contributed by atoms with van der Waals surface area (Å²) in [4.78, 5) is 0. The Hall–Kier alpha value is -0.490. The molecule has 1 aromatic carbocycles. The van der Waals surface area contributed by atoms with Gasteiger partial charge >= 0.3 is 0 Å². The van der Waals surface area contributed by atoms with Crippen LogP contribution in [0.25, 0.3) is 0 Å². The Balaban J connectivity index is 1.86. The molecule has 3 nitrogen and oxygen atoms in total. The lowest BCUT2D eigenvalue weighted by molar-refractivity contribution is -0.0984. The molecule has 3 N–H and O–H groups in total. The molecule has 0 amide bonds. The second-order valence-electron chi connectivity index (χ2n) is 6.27. The lowest BCUT2D eigenvalue weighted by Gasteiger charge is -2.41. The predicted octanol–water partition coefficient (Wildman–Crippen LogP) is 3.83. The summed E-state index contributed by atoms with van der Waals surface area (Å²) >= 11 is 3.46. The van der Waals surface area contributed by atoms with Gasteiger partial charge in [0.05, 0.1) is 11.6 Å². The zero-order chi connectivity index (χ0) is 14.9. The zero-order valence-corrected chi connectivity index (χ0v) is 13.7. The molecule has 0 bridgehead atoms. The van der Waals surface area contributed by atoms with Crippen LogP contribution in [0.3, 0.4) is 0 Å². The number of hydrogen-bond donors (Lipinski definition) is 2. The fraction of sp³-hybridized carbons (Fsp3) is 0.625. The largest absolute Gasteiger partial charge is 0.375 e. The third-order valence-electron chi connectivity index (χ3n) is 5.01. The molecule has 2 unspecified atom stereocenters. The molecule has 1 saturated carbocycles. The van der Waals surface area contributed by atoms with Crippen LogP contribution in [0.5, 0.6) is 0 Å². The van der Waals surface area contributed by atoms with E-state index in [4.69, 9.17) is 10.6 Å². The first-order chi connectivity index (χ1) is 10.2. The van der Waals surface area contributed by atoms with Crippen molar-refractivity contribution >= 4 is 15.9 Å². The maximum atomic E-state index is 14.3. The van der Waals surface area contributed by atoms with Crippen molar-refractivity contribution in [3.05, 3.63) is 34.1 Å². The van der Waals surface area contributed by atoms with Crippen molar-refractivity contribution in [3.8, 4) is 0 Å². The smallest absolute Gasteiger partial charge is 0.129 e. The van der Waals surface area contributed by atoms with E-state index in [0.717, 1.165) is 36.8 Å². The molecule has 0 radical (unpaired) electrons. The highest BCUT2D eigenvalue weighted by Crippen LogP contribution is 2.46. The maximum Gasteiger partial charge on any atom is 0.129 e. The fourth-order valence-electron chi connectivity index (χ4n) is 3.98. The number of hydrogen-bond acceptors (Lipinski definition) is 3. The Labute approximate surface area is 133 Å². The van der Waals surface area contributed by atoms with Gasteiger partial charge in [-0.1, -0.05) is 34.8 Å². The average molecular weight is 357 g/mol. The lowest BCUT2D eigenvalue weighted by atomic mass is 9.78. The summed E-state index contributed by atoms with van der Waals surface area (Å²) in [6.45, 7) is 0.745. The molecular weight excluding hydrogens is 335 g/mol. The van der Waals surface area contributed by atoms with E-state index < -0.39 is 0 Å². The van der Waals surface area contributed by atoms with Crippen LogP contribution in [0.4, 0.5) is 4.39 Å². The molecule has 1 aliphatic heterocycles. The first kappa shape index (κ1) is 15.4. The molecule has 1 spiro atoms. The molecule has 1 saturated heterocycles. The van der Waals surface area contributed by atoms with E-state index in [-0.39, 0.29) is 17.5 Å². The highest BCUT2D eigenvalue weighted by Gasteiger charge is 2.42. The summed E-state index contributed by atoms with van der Waals surface area (Å²) in [7, 11) is 0. The monoisotopic (exact) mass is 356 g/mol. The molecule has 2 fully saturated rings. The SMILES string of the molecule is NNC(c1c(F)cccc1Br)C1CCOC2(CCCC2)C1. The maximum absolute atomic E-state index is 14.3. The number of benzene rings is 1. The van der Waals surface area contributed by atoms with Crippen LogP contribution >= 0.6 is 15.9 Å². The summed E-state index contributed by atoms with van der Waals surface area (Å²) in [6.07, 6.45) is 6.59. The van der Waals surface area contributed by atoms with Gasteiger partial charge in [0.15, 0.2) is 0 Å². The van der Waals surface area contributed by atoms with Crippen LogP contribution in [0.1, 0.15) is 50.1 Å². The molecule has 1 heterocycles. The summed E-state index contributed by atoms with van der Waals surface area (Å²) < 4.78 is 21.1. The highest BCUT2D eigenvalue weighted by atomic mass is 79.9. The third kappa shape index (κ3) is 3.02. The molecule has 0 aromatic heterocycles. The molecule has 3 rings (SSSR count). The van der Waals surface area contributed by atoms with Crippen molar-refractivity contribution in [3.63, 3.8) is 0 Å². The zero-order valence-electron chi connectivity index (χ0n) is 12.1. The molecule has 116 valence electrons. The summed E-state index contributed by atoms with van der Waals surface area (Å²) in [5, 5.41) is 0. The van der Waals surface area contributed by atoms with Crippen molar-refractivity contribution in [1.29, 1.82) is 0 Å². The van der Waals surface area contributed by atoms with Crippen LogP contribution < -0.4 is 11.3 Å². The van der Waals surface area contributed by atoms with Crippen LogP contribution in [0.15, 0.2) is 22.7 Å². The second-order valence-corrected chi connectivity index (χ2v) is 7.13. The van der Waals surface area contributed by atoms with Gasteiger partial charge in [0.25, 0.3) is 0 Å². The number of ether oxygens (including phenoxy) is 1. The quantitative estimate of drug-likeness (QED) is 0.639. The van der Waals surface area contributed by atoms with E-state index in [2.05, 4.69) is 21.4 Å². The van der Waals surface area contributed by atoms with E-state index in [1.165, 1.54) is 18.9 Å². The van der Waals surface area contributed by atoms with E-state index in [9.17, 15) is 4.39 Å². The highest BCUT2D eigenvalue weighted by molar-refractivity contribution is 9.10. The normalized spacial score (nSPS) is 26.1. The van der Waals surface area contributed by atoms with E-state index in [1.807, 2.05) is 6.07 Å². The number of nitrogens with one attached hydrogen (secondary N) is 1. The molecule has 2 atom stereocenters. The molecule has 21 heavy (non-hydrogen) atoms. The van der Waals surface area contributed by atoms with Gasteiger partial charge in [0.1, 0.15) is 5.82 Å². The molecule has 5 heteroatoms. The van der Waals surface area contributed by atoms with E-state index >= 15 is 0 Å². The Morgan fingerprint density at radius 1 is 1.38 bits per heavy atom. The molecule has 1 aliphatic carbocycles. The number of rotatable bonds is 3. The Kier molecular flexibility index (Phi) is 4.64. The molecular formula is C16H22BrFN2O. The van der Waals surface area contributed by atoms with Gasteiger partial charge in [-0.15, -0.1) is 0 Å². The Bertz CT molecular complexity index is 485. The summed E-state index contributed by atoms with van der Waals surface area (Å²) in [6, 6.07) is 4.89.